The number of carbonyl (C=O) groups excluding carboxylic acids is 5. The molecule has 0 radical (unpaired) electrons. The van der Waals surface area contributed by atoms with Crippen molar-refractivity contribution in [2.45, 2.75) is 6.10 Å². The number of esters is 5. The summed E-state index contributed by atoms with van der Waals surface area (Å²) in [4.78, 5) is 61.2. The number of rotatable bonds is 18. The molecule has 14 heteroatoms. The number of benzene rings is 3. The van der Waals surface area contributed by atoms with Crippen LogP contribution in [-0.4, -0.2) is 67.9 Å². The van der Waals surface area contributed by atoms with Crippen molar-refractivity contribution < 1.29 is 57.1 Å². The number of fused-ring (bicyclic) bond motifs is 3. The third-order valence-corrected chi connectivity index (χ3v) is 9.48. The third-order valence-electron chi connectivity index (χ3n) is 9.48. The van der Waals surface area contributed by atoms with Crippen LogP contribution in [0.15, 0.2) is 164 Å². The monoisotopic (exact) mass is 824 g/mol. The molecule has 0 bridgehead atoms. The van der Waals surface area contributed by atoms with Crippen molar-refractivity contribution in [3.63, 3.8) is 0 Å². The summed E-state index contributed by atoms with van der Waals surface area (Å²) in [6.45, 7) is 9.23. The lowest BCUT2D eigenvalue weighted by Crippen LogP contribution is -2.30. The van der Waals surface area contributed by atoms with E-state index in [2.05, 4.69) is 54.2 Å². The van der Waals surface area contributed by atoms with E-state index in [0.717, 1.165) is 23.9 Å². The molecule has 0 amide bonds. The number of allylic oxidation sites excluding steroid dienone is 8. The summed E-state index contributed by atoms with van der Waals surface area (Å²) in [5, 5.41) is 9.13. The van der Waals surface area contributed by atoms with Gasteiger partial charge in [-0.25, -0.2) is 24.0 Å². The molecule has 1 saturated carbocycles. The molecular formula is C47H40N2O12. The number of hydrogen-bond donors (Lipinski definition) is 0. The highest BCUT2D eigenvalue weighted by atomic mass is 16.7. The lowest BCUT2D eigenvalue weighted by molar-refractivity contribution is -0.154. The molecule has 0 aromatic heterocycles. The molecule has 0 N–H and O–H groups in total. The van der Waals surface area contributed by atoms with Gasteiger partial charge in [-0.1, -0.05) is 68.3 Å². The first kappa shape index (κ1) is 42.7. The Labute approximate surface area is 351 Å². The van der Waals surface area contributed by atoms with Crippen LogP contribution < -0.4 is 18.9 Å². The highest BCUT2D eigenvalue weighted by molar-refractivity contribution is 5.97. The molecule has 61 heavy (non-hydrogen) atoms. The number of nitrogens with zero attached hydrogens (tertiary/aromatic N) is 2. The maximum Gasteiger partial charge on any atom is 0.343 e. The van der Waals surface area contributed by atoms with E-state index in [1.54, 1.807) is 0 Å². The summed E-state index contributed by atoms with van der Waals surface area (Å²) in [6, 6.07) is 16.4. The fraction of sp³-hybridized carbons (Fsp3) is 0.170. The van der Waals surface area contributed by atoms with E-state index in [-0.39, 0.29) is 66.3 Å². The fourth-order valence-corrected chi connectivity index (χ4v) is 6.54. The van der Waals surface area contributed by atoms with Crippen molar-refractivity contribution in [3.8, 4) is 23.0 Å². The Morgan fingerprint density at radius 1 is 0.607 bits per heavy atom. The van der Waals surface area contributed by atoms with Gasteiger partial charge in [0, 0.05) is 35.6 Å². The van der Waals surface area contributed by atoms with E-state index in [4.69, 9.17) is 33.2 Å². The molecule has 0 spiro atoms. The van der Waals surface area contributed by atoms with E-state index < -0.39 is 36.0 Å². The van der Waals surface area contributed by atoms with Crippen LogP contribution in [0.1, 0.15) is 26.3 Å². The van der Waals surface area contributed by atoms with E-state index in [1.807, 2.05) is 24.3 Å². The summed E-state index contributed by atoms with van der Waals surface area (Å²) in [5.41, 5.74) is 1.57. The van der Waals surface area contributed by atoms with Crippen molar-refractivity contribution in [2.75, 3.05) is 20.0 Å². The average molecular weight is 825 g/mol. The summed E-state index contributed by atoms with van der Waals surface area (Å²) in [5.74, 6) is -1.94. The Morgan fingerprint density at radius 3 is 1.75 bits per heavy atom. The minimum atomic E-state index is -0.947. The summed E-state index contributed by atoms with van der Waals surface area (Å²) in [6.07, 6.45) is 20.2. The highest BCUT2D eigenvalue weighted by Crippen LogP contribution is 2.45. The van der Waals surface area contributed by atoms with Gasteiger partial charge in [0.15, 0.2) is 6.10 Å². The molecule has 3 aromatic rings. The third kappa shape index (κ3) is 11.4. The molecule has 14 nitrogen and oxygen atoms in total. The predicted molar refractivity (Wildman–Crippen MR) is 223 cm³/mol. The standard InChI is InChI=1S/C47H40N2O12/c1-4-42(50)56-28-36(59-44(52)6-3)27-55-33-19-15-31(16-20-33)47(54)61-41-24-23-35(60-46(53)30-17-21-34(22-18-30)57-29-58-43(51)5-2)25-32(41)26-48-49-45-39-13-9-7-11-37(39)38-12-8-10-14-40(38)45/h4-26,36-40H,1-3,27-29H2/b48-26+,49-45?. The first-order valence-electron chi connectivity index (χ1n) is 18.9. The number of hydrogen-bond acceptors (Lipinski definition) is 14. The van der Waals surface area contributed by atoms with Gasteiger partial charge in [-0.3, -0.25) is 0 Å². The maximum absolute atomic E-state index is 13.5. The molecule has 0 aliphatic heterocycles. The van der Waals surface area contributed by atoms with E-state index >= 15 is 0 Å². The van der Waals surface area contributed by atoms with E-state index in [0.29, 0.717) is 17.1 Å². The van der Waals surface area contributed by atoms with Crippen LogP contribution in [0.2, 0.25) is 0 Å². The quantitative estimate of drug-likeness (QED) is 0.0247. The normalized spacial score (nSPS) is 18.5. The minimum absolute atomic E-state index is 0.0582. The van der Waals surface area contributed by atoms with Crippen molar-refractivity contribution in [3.05, 3.63) is 170 Å². The van der Waals surface area contributed by atoms with Crippen molar-refractivity contribution in [1.29, 1.82) is 0 Å². The van der Waals surface area contributed by atoms with Crippen LogP contribution in [0.4, 0.5) is 0 Å². The van der Waals surface area contributed by atoms with E-state index in [9.17, 15) is 24.0 Å². The second kappa shape index (κ2) is 20.7. The van der Waals surface area contributed by atoms with Crippen LogP contribution in [0, 0.1) is 23.7 Å². The van der Waals surface area contributed by atoms with Gasteiger partial charge in [0.25, 0.3) is 0 Å². The van der Waals surface area contributed by atoms with Gasteiger partial charge in [0.05, 0.1) is 23.1 Å². The molecule has 310 valence electrons. The maximum atomic E-state index is 13.5. The van der Waals surface area contributed by atoms with Gasteiger partial charge in [0.2, 0.25) is 6.79 Å². The van der Waals surface area contributed by atoms with Crippen LogP contribution >= 0.6 is 0 Å². The van der Waals surface area contributed by atoms with Crippen LogP contribution in [0.5, 0.6) is 23.0 Å². The molecule has 3 aliphatic rings. The van der Waals surface area contributed by atoms with Gasteiger partial charge in [-0.15, -0.1) is 0 Å². The molecule has 3 aromatic carbocycles. The molecular weight excluding hydrogens is 785 g/mol. The van der Waals surface area contributed by atoms with Gasteiger partial charge < -0.3 is 33.2 Å². The van der Waals surface area contributed by atoms with Crippen molar-refractivity contribution >= 4 is 41.8 Å². The molecule has 5 unspecified atom stereocenters. The second-order valence-electron chi connectivity index (χ2n) is 13.4. The Bertz CT molecular complexity index is 2320. The van der Waals surface area contributed by atoms with Crippen molar-refractivity contribution in [2.24, 2.45) is 33.9 Å². The number of ether oxygens (including phenoxy) is 7. The Hall–Kier alpha value is -7.87. The lowest BCUT2D eigenvalue weighted by Gasteiger charge is -2.20. The average Bonchev–Trinajstić information content (AvgIpc) is 3.61. The largest absolute Gasteiger partial charge is 0.490 e. The van der Waals surface area contributed by atoms with Gasteiger partial charge >= 0.3 is 29.8 Å². The highest BCUT2D eigenvalue weighted by Gasteiger charge is 2.44. The van der Waals surface area contributed by atoms with Gasteiger partial charge in [0.1, 0.15) is 36.2 Å². The summed E-state index contributed by atoms with van der Waals surface area (Å²) >= 11 is 0. The molecule has 0 saturated heterocycles. The SMILES string of the molecule is C=CC(=O)OCOc1ccc(C(=O)Oc2ccc(OC(=O)c3ccc(OCC(COC(=O)C=C)OC(=O)C=C)cc3)c(/C=N/N=C3C4C=CC=CC4C4C=CC=CC34)c2)cc1. The second-order valence-corrected chi connectivity index (χ2v) is 13.4. The summed E-state index contributed by atoms with van der Waals surface area (Å²) in [7, 11) is 0. The molecule has 1 fully saturated rings. The molecule has 5 atom stereocenters. The van der Waals surface area contributed by atoms with E-state index in [1.165, 1.54) is 72.9 Å². The smallest absolute Gasteiger partial charge is 0.343 e. The first-order chi connectivity index (χ1) is 29.6. The zero-order valence-corrected chi connectivity index (χ0v) is 32.7. The molecule has 0 heterocycles. The first-order valence-corrected chi connectivity index (χ1v) is 18.9. The Balaban J connectivity index is 1.18. The van der Waals surface area contributed by atoms with Crippen LogP contribution in [0.25, 0.3) is 0 Å². The summed E-state index contributed by atoms with van der Waals surface area (Å²) < 4.78 is 37.6. The van der Waals surface area contributed by atoms with Crippen LogP contribution in [-0.2, 0) is 28.6 Å². The zero-order valence-electron chi connectivity index (χ0n) is 32.7. The number of carbonyl (C=O) groups is 5. The molecule has 3 aliphatic carbocycles. The van der Waals surface area contributed by atoms with Gasteiger partial charge in [-0.2, -0.15) is 10.2 Å². The molecule has 6 rings (SSSR count). The van der Waals surface area contributed by atoms with Crippen molar-refractivity contribution in [1.82, 2.24) is 0 Å². The minimum Gasteiger partial charge on any atom is -0.490 e. The zero-order chi connectivity index (χ0) is 43.1. The fourth-order valence-electron chi connectivity index (χ4n) is 6.54. The van der Waals surface area contributed by atoms with Crippen LogP contribution in [0.3, 0.4) is 0 Å². The Morgan fingerprint density at radius 2 is 1.15 bits per heavy atom. The lowest BCUT2D eigenvalue weighted by atomic mass is 9.83. The predicted octanol–water partition coefficient (Wildman–Crippen LogP) is 6.90. The topological polar surface area (TPSA) is 175 Å². The van der Waals surface area contributed by atoms with Gasteiger partial charge in [-0.05, 0) is 78.6 Å². The Kier molecular flexibility index (Phi) is 14.5.